The van der Waals surface area contributed by atoms with Crippen LogP contribution in [0, 0.1) is 13.8 Å². The molecule has 0 radical (unpaired) electrons. The molecule has 0 unspecified atom stereocenters. The van der Waals surface area contributed by atoms with Gasteiger partial charge in [0, 0.05) is 19.6 Å². The van der Waals surface area contributed by atoms with E-state index in [2.05, 4.69) is 35.3 Å². The van der Waals surface area contributed by atoms with Crippen molar-refractivity contribution in [1.29, 1.82) is 0 Å². The molecule has 0 saturated carbocycles. The number of carbonyl (C=O) groups excluding carboxylic acids is 1. The molecule has 0 bridgehead atoms. The Morgan fingerprint density at radius 1 is 1.20 bits per heavy atom. The molecule has 0 spiro atoms. The van der Waals surface area contributed by atoms with Gasteiger partial charge in [-0.05, 0) is 61.5 Å². The Hall–Kier alpha value is -2.48. The van der Waals surface area contributed by atoms with Crippen molar-refractivity contribution in [3.8, 4) is 16.3 Å². The van der Waals surface area contributed by atoms with Crippen molar-refractivity contribution in [2.75, 3.05) is 39.4 Å². The quantitative estimate of drug-likeness (QED) is 0.588. The minimum absolute atomic E-state index is 0.0896. The van der Waals surface area contributed by atoms with Gasteiger partial charge in [0.1, 0.15) is 11.4 Å². The molecule has 1 saturated heterocycles. The standard InChI is InChI=1S/C23H28N4O2S/c1-17-6-7-18(2)20(15-17)27-21(16-19(25-27)22-5-3-14-30-22)23(28)24-8-4-9-26-10-12-29-13-11-26/h3,5-7,14-16H,4,8-13H2,1-2H3,(H,24,28). The predicted octanol–water partition coefficient (Wildman–Crippen LogP) is 3.67. The van der Waals surface area contributed by atoms with Crippen LogP contribution in [0.2, 0.25) is 0 Å². The molecule has 158 valence electrons. The summed E-state index contributed by atoms with van der Waals surface area (Å²) in [4.78, 5) is 16.5. The minimum Gasteiger partial charge on any atom is -0.379 e. The number of rotatable bonds is 7. The van der Waals surface area contributed by atoms with Crippen LogP contribution >= 0.6 is 11.3 Å². The molecule has 1 N–H and O–H groups in total. The van der Waals surface area contributed by atoms with Crippen molar-refractivity contribution in [1.82, 2.24) is 20.0 Å². The zero-order valence-corrected chi connectivity index (χ0v) is 18.4. The number of aryl methyl sites for hydroxylation is 2. The summed E-state index contributed by atoms with van der Waals surface area (Å²) in [5, 5.41) is 9.90. The first-order valence-electron chi connectivity index (χ1n) is 10.4. The zero-order chi connectivity index (χ0) is 20.9. The first kappa shape index (κ1) is 20.8. The second-order valence-electron chi connectivity index (χ2n) is 7.66. The maximum Gasteiger partial charge on any atom is 0.270 e. The van der Waals surface area contributed by atoms with Crippen LogP contribution in [0.1, 0.15) is 28.0 Å². The fourth-order valence-electron chi connectivity index (χ4n) is 3.64. The first-order valence-corrected chi connectivity index (χ1v) is 11.3. The second-order valence-corrected chi connectivity index (χ2v) is 8.61. The number of nitrogens with zero attached hydrogens (tertiary/aromatic N) is 3. The number of nitrogens with one attached hydrogen (secondary N) is 1. The lowest BCUT2D eigenvalue weighted by Crippen LogP contribution is -2.38. The normalized spacial score (nSPS) is 14.7. The third-order valence-electron chi connectivity index (χ3n) is 5.35. The number of ether oxygens (including phenoxy) is 1. The first-order chi connectivity index (χ1) is 14.6. The van der Waals surface area contributed by atoms with Gasteiger partial charge < -0.3 is 10.1 Å². The highest BCUT2D eigenvalue weighted by molar-refractivity contribution is 7.13. The van der Waals surface area contributed by atoms with Gasteiger partial charge >= 0.3 is 0 Å². The second kappa shape index (κ2) is 9.55. The van der Waals surface area contributed by atoms with Crippen molar-refractivity contribution in [3.63, 3.8) is 0 Å². The SMILES string of the molecule is Cc1ccc(C)c(-n2nc(-c3cccs3)cc2C(=O)NCCCN2CCOCC2)c1. The van der Waals surface area contributed by atoms with E-state index < -0.39 is 0 Å². The number of hydrogen-bond acceptors (Lipinski definition) is 5. The van der Waals surface area contributed by atoms with Gasteiger partial charge in [-0.3, -0.25) is 9.69 Å². The molecule has 7 heteroatoms. The van der Waals surface area contributed by atoms with Crippen LogP contribution in [-0.2, 0) is 4.74 Å². The van der Waals surface area contributed by atoms with E-state index in [1.807, 2.05) is 30.5 Å². The van der Waals surface area contributed by atoms with Crippen LogP contribution in [0.3, 0.4) is 0 Å². The number of hydrogen-bond donors (Lipinski definition) is 1. The average molecular weight is 425 g/mol. The highest BCUT2D eigenvalue weighted by Crippen LogP contribution is 2.27. The molecule has 1 fully saturated rings. The maximum atomic E-state index is 13.1. The van der Waals surface area contributed by atoms with Gasteiger partial charge in [-0.2, -0.15) is 5.10 Å². The van der Waals surface area contributed by atoms with Crippen molar-refractivity contribution < 1.29 is 9.53 Å². The molecule has 0 atom stereocenters. The fourth-order valence-corrected chi connectivity index (χ4v) is 4.32. The maximum absolute atomic E-state index is 13.1. The van der Waals surface area contributed by atoms with Gasteiger partial charge in [-0.15, -0.1) is 11.3 Å². The molecule has 1 aliphatic heterocycles. The molecule has 1 aromatic carbocycles. The summed E-state index contributed by atoms with van der Waals surface area (Å²) in [5.74, 6) is -0.0896. The van der Waals surface area contributed by atoms with Crippen LogP contribution in [0.25, 0.3) is 16.3 Å². The van der Waals surface area contributed by atoms with Gasteiger partial charge in [0.2, 0.25) is 0 Å². The number of carbonyl (C=O) groups is 1. The molecule has 4 rings (SSSR count). The fraction of sp³-hybridized carbons (Fsp3) is 0.391. The summed E-state index contributed by atoms with van der Waals surface area (Å²) in [6, 6.07) is 12.2. The van der Waals surface area contributed by atoms with E-state index in [1.165, 1.54) is 0 Å². The van der Waals surface area contributed by atoms with E-state index in [0.717, 1.165) is 66.7 Å². The lowest BCUT2D eigenvalue weighted by atomic mass is 10.1. The molecule has 0 aliphatic carbocycles. The Bertz CT molecular complexity index is 991. The number of amides is 1. The van der Waals surface area contributed by atoms with Crippen molar-refractivity contribution in [2.45, 2.75) is 20.3 Å². The summed E-state index contributed by atoms with van der Waals surface area (Å²) < 4.78 is 7.17. The molecule has 2 aromatic heterocycles. The van der Waals surface area contributed by atoms with Crippen LogP contribution in [-0.4, -0.2) is 60.0 Å². The highest BCUT2D eigenvalue weighted by Gasteiger charge is 2.19. The summed E-state index contributed by atoms with van der Waals surface area (Å²) in [6.07, 6.45) is 0.918. The molecular weight excluding hydrogens is 396 g/mol. The molecule has 1 aliphatic rings. The number of morpholine rings is 1. The highest BCUT2D eigenvalue weighted by atomic mass is 32.1. The Balaban J connectivity index is 1.52. The van der Waals surface area contributed by atoms with E-state index in [9.17, 15) is 4.79 Å². The van der Waals surface area contributed by atoms with Crippen LogP contribution in [0.5, 0.6) is 0 Å². The zero-order valence-electron chi connectivity index (χ0n) is 17.6. The molecule has 3 heterocycles. The van der Waals surface area contributed by atoms with Gasteiger partial charge in [0.05, 0.1) is 23.8 Å². The summed E-state index contributed by atoms with van der Waals surface area (Å²) in [7, 11) is 0. The molecule has 1 amide bonds. The average Bonchev–Trinajstić information content (AvgIpc) is 3.43. The number of benzene rings is 1. The van der Waals surface area contributed by atoms with Crippen LogP contribution in [0.4, 0.5) is 0 Å². The predicted molar refractivity (Wildman–Crippen MR) is 121 cm³/mol. The smallest absolute Gasteiger partial charge is 0.270 e. The van der Waals surface area contributed by atoms with Gasteiger partial charge in [0.25, 0.3) is 5.91 Å². The van der Waals surface area contributed by atoms with E-state index >= 15 is 0 Å². The van der Waals surface area contributed by atoms with Crippen molar-refractivity contribution >= 4 is 17.2 Å². The van der Waals surface area contributed by atoms with Crippen molar-refractivity contribution in [2.24, 2.45) is 0 Å². The van der Waals surface area contributed by atoms with E-state index in [4.69, 9.17) is 9.84 Å². The van der Waals surface area contributed by atoms with Gasteiger partial charge in [-0.25, -0.2) is 4.68 Å². The summed E-state index contributed by atoms with van der Waals surface area (Å²) in [6.45, 7) is 9.25. The third-order valence-corrected chi connectivity index (χ3v) is 6.24. The van der Waals surface area contributed by atoms with Crippen LogP contribution < -0.4 is 5.32 Å². The van der Waals surface area contributed by atoms with E-state index in [-0.39, 0.29) is 5.91 Å². The Kier molecular flexibility index (Phi) is 6.62. The molecular formula is C23H28N4O2S. The summed E-state index contributed by atoms with van der Waals surface area (Å²) in [5.41, 5.74) is 4.56. The third kappa shape index (κ3) is 4.80. The van der Waals surface area contributed by atoms with Crippen LogP contribution in [0.15, 0.2) is 41.8 Å². The minimum atomic E-state index is -0.0896. The largest absolute Gasteiger partial charge is 0.379 e. The lowest BCUT2D eigenvalue weighted by Gasteiger charge is -2.26. The monoisotopic (exact) mass is 424 g/mol. The van der Waals surface area contributed by atoms with Gasteiger partial charge in [0.15, 0.2) is 0 Å². The van der Waals surface area contributed by atoms with E-state index in [1.54, 1.807) is 16.0 Å². The lowest BCUT2D eigenvalue weighted by molar-refractivity contribution is 0.0374. The number of aromatic nitrogens is 2. The Morgan fingerprint density at radius 2 is 2.03 bits per heavy atom. The molecule has 6 nitrogen and oxygen atoms in total. The Morgan fingerprint density at radius 3 is 2.80 bits per heavy atom. The van der Waals surface area contributed by atoms with E-state index in [0.29, 0.717) is 12.2 Å². The Labute approximate surface area is 181 Å². The summed E-state index contributed by atoms with van der Waals surface area (Å²) >= 11 is 1.63. The van der Waals surface area contributed by atoms with Gasteiger partial charge in [-0.1, -0.05) is 18.2 Å². The van der Waals surface area contributed by atoms with Crippen molar-refractivity contribution in [3.05, 3.63) is 58.6 Å². The number of thiophene rings is 1. The topological polar surface area (TPSA) is 59.4 Å². The molecule has 30 heavy (non-hydrogen) atoms. The molecule has 3 aromatic rings.